The summed E-state index contributed by atoms with van der Waals surface area (Å²) in [6.45, 7) is 0.719. The largest absolute Gasteiger partial charge is 0.480 e. The molecule has 2 heterocycles. The van der Waals surface area contributed by atoms with E-state index in [9.17, 15) is 9.90 Å². The van der Waals surface area contributed by atoms with Gasteiger partial charge in [-0.15, -0.1) is 0 Å². The van der Waals surface area contributed by atoms with Gasteiger partial charge in [0.05, 0.1) is 16.1 Å². The number of likely N-dealkylation sites (tertiary alicyclic amines) is 1. The minimum absolute atomic E-state index is 0.206. The number of aliphatic carboxylic acids is 1. The number of rotatable bonds is 4. The second-order valence-electron chi connectivity index (χ2n) is 5.60. The van der Waals surface area contributed by atoms with Crippen LogP contribution in [0.1, 0.15) is 30.0 Å². The van der Waals surface area contributed by atoms with Crippen LogP contribution in [0.2, 0.25) is 10.0 Å². The minimum atomic E-state index is -0.795. The Kier molecular flexibility index (Phi) is 4.85. The molecular weight excluding hydrogens is 335 g/mol. The van der Waals surface area contributed by atoms with Gasteiger partial charge in [0, 0.05) is 18.9 Å². The molecule has 23 heavy (non-hydrogen) atoms. The highest BCUT2D eigenvalue weighted by Crippen LogP contribution is 2.36. The summed E-state index contributed by atoms with van der Waals surface area (Å²) in [6, 6.07) is 8.54. The number of carbonyl (C=O) groups is 1. The van der Waals surface area contributed by atoms with Gasteiger partial charge >= 0.3 is 5.97 Å². The molecule has 1 aliphatic rings. The molecule has 0 aliphatic carbocycles. The van der Waals surface area contributed by atoms with E-state index in [0.717, 1.165) is 24.1 Å². The molecule has 2 atom stereocenters. The lowest BCUT2D eigenvalue weighted by atomic mass is 9.97. The number of hydrogen-bond donors (Lipinski definition) is 1. The third kappa shape index (κ3) is 3.34. The molecule has 2 unspecified atom stereocenters. The maximum Gasteiger partial charge on any atom is 0.320 e. The Morgan fingerprint density at radius 2 is 2.09 bits per heavy atom. The van der Waals surface area contributed by atoms with Gasteiger partial charge < -0.3 is 5.11 Å². The lowest BCUT2D eigenvalue weighted by Crippen LogP contribution is -2.39. The quantitative estimate of drug-likeness (QED) is 0.904. The molecule has 1 saturated heterocycles. The van der Waals surface area contributed by atoms with Crippen LogP contribution in [-0.2, 0) is 4.79 Å². The van der Waals surface area contributed by atoms with Crippen molar-refractivity contribution in [2.45, 2.75) is 24.9 Å². The maximum absolute atomic E-state index is 11.6. The highest BCUT2D eigenvalue weighted by molar-refractivity contribution is 6.42. The van der Waals surface area contributed by atoms with Crippen LogP contribution in [0.15, 0.2) is 42.7 Å². The van der Waals surface area contributed by atoms with E-state index in [4.69, 9.17) is 23.2 Å². The number of pyridine rings is 1. The number of aromatic nitrogens is 1. The average molecular weight is 351 g/mol. The molecule has 4 nitrogen and oxygen atoms in total. The Morgan fingerprint density at radius 3 is 2.74 bits per heavy atom. The summed E-state index contributed by atoms with van der Waals surface area (Å²) in [4.78, 5) is 17.8. The zero-order valence-corrected chi connectivity index (χ0v) is 13.8. The zero-order valence-electron chi connectivity index (χ0n) is 12.3. The summed E-state index contributed by atoms with van der Waals surface area (Å²) in [5.41, 5.74) is 1.86. The average Bonchev–Trinajstić information content (AvgIpc) is 3.02. The second kappa shape index (κ2) is 6.87. The van der Waals surface area contributed by atoms with Crippen molar-refractivity contribution in [1.82, 2.24) is 9.88 Å². The van der Waals surface area contributed by atoms with Crippen LogP contribution >= 0.6 is 23.2 Å². The monoisotopic (exact) mass is 350 g/mol. The first-order valence-electron chi connectivity index (χ1n) is 7.41. The predicted octanol–water partition coefficient (Wildman–Crippen LogP) is 4.03. The first-order chi connectivity index (χ1) is 11.1. The number of carboxylic acid groups (broad SMARTS) is 1. The van der Waals surface area contributed by atoms with Crippen molar-refractivity contribution < 1.29 is 9.90 Å². The fourth-order valence-electron chi connectivity index (χ4n) is 3.16. The normalized spacial score (nSPS) is 19.7. The van der Waals surface area contributed by atoms with Gasteiger partial charge in [0.1, 0.15) is 6.04 Å². The third-order valence-electron chi connectivity index (χ3n) is 4.17. The van der Waals surface area contributed by atoms with Gasteiger partial charge in [-0.25, -0.2) is 0 Å². The molecule has 0 amide bonds. The van der Waals surface area contributed by atoms with Crippen LogP contribution in [0, 0.1) is 0 Å². The van der Waals surface area contributed by atoms with Gasteiger partial charge in [0.15, 0.2) is 0 Å². The third-order valence-corrected chi connectivity index (χ3v) is 4.91. The van der Waals surface area contributed by atoms with E-state index in [1.165, 1.54) is 0 Å². The molecule has 3 rings (SSSR count). The Labute approximate surface area is 144 Å². The molecule has 1 aromatic heterocycles. The van der Waals surface area contributed by atoms with Crippen LogP contribution in [-0.4, -0.2) is 33.5 Å². The molecule has 1 aromatic carbocycles. The van der Waals surface area contributed by atoms with Crippen molar-refractivity contribution >= 4 is 29.2 Å². The smallest absolute Gasteiger partial charge is 0.320 e. The summed E-state index contributed by atoms with van der Waals surface area (Å²) in [6.07, 6.45) is 4.97. The van der Waals surface area contributed by atoms with Crippen LogP contribution in [0.3, 0.4) is 0 Å². The number of benzene rings is 1. The molecular formula is C17H16Cl2N2O2. The minimum Gasteiger partial charge on any atom is -0.480 e. The fraction of sp³-hybridized carbons (Fsp3) is 0.294. The van der Waals surface area contributed by atoms with E-state index in [0.29, 0.717) is 16.5 Å². The lowest BCUT2D eigenvalue weighted by molar-refractivity contribution is -0.142. The van der Waals surface area contributed by atoms with Crippen LogP contribution in [0.4, 0.5) is 0 Å². The zero-order chi connectivity index (χ0) is 16.4. The fourth-order valence-corrected chi connectivity index (χ4v) is 3.47. The molecule has 0 radical (unpaired) electrons. The van der Waals surface area contributed by atoms with Crippen LogP contribution in [0.5, 0.6) is 0 Å². The number of halogens is 2. The molecule has 0 saturated carbocycles. The van der Waals surface area contributed by atoms with Crippen LogP contribution in [0.25, 0.3) is 0 Å². The van der Waals surface area contributed by atoms with Crippen molar-refractivity contribution in [3.05, 3.63) is 63.9 Å². The van der Waals surface area contributed by atoms with E-state index in [1.54, 1.807) is 24.5 Å². The Balaban J connectivity index is 2.07. The standard InChI is InChI=1S/C17H16Cl2N2O2/c18-13-6-5-11(9-14(13)19)16(12-3-1-7-20-10-12)21-8-2-4-15(21)17(22)23/h1,3,5-7,9-10,15-16H,2,4,8H2,(H,22,23). The van der Waals surface area contributed by atoms with E-state index in [1.807, 2.05) is 23.1 Å². The van der Waals surface area contributed by atoms with E-state index in [-0.39, 0.29) is 6.04 Å². The summed E-state index contributed by atoms with van der Waals surface area (Å²) in [5.74, 6) is -0.795. The topological polar surface area (TPSA) is 53.4 Å². The molecule has 2 aromatic rings. The van der Waals surface area contributed by atoms with Gasteiger partial charge in [0.25, 0.3) is 0 Å². The van der Waals surface area contributed by atoms with Crippen molar-refractivity contribution in [1.29, 1.82) is 0 Å². The van der Waals surface area contributed by atoms with Crippen molar-refractivity contribution in [3.63, 3.8) is 0 Å². The van der Waals surface area contributed by atoms with Gasteiger partial charge in [-0.05, 0) is 42.2 Å². The Hall–Kier alpha value is -1.62. The number of carboxylic acids is 1. The summed E-state index contributed by atoms with van der Waals surface area (Å²) in [5, 5.41) is 10.5. The van der Waals surface area contributed by atoms with Crippen molar-refractivity contribution in [2.24, 2.45) is 0 Å². The predicted molar refractivity (Wildman–Crippen MR) is 89.9 cm³/mol. The van der Waals surface area contributed by atoms with E-state index in [2.05, 4.69) is 4.98 Å². The molecule has 6 heteroatoms. The molecule has 1 fully saturated rings. The van der Waals surface area contributed by atoms with Gasteiger partial charge in [-0.3, -0.25) is 14.7 Å². The van der Waals surface area contributed by atoms with Gasteiger partial charge in [-0.2, -0.15) is 0 Å². The molecule has 0 spiro atoms. The van der Waals surface area contributed by atoms with Crippen molar-refractivity contribution in [2.75, 3.05) is 6.54 Å². The lowest BCUT2D eigenvalue weighted by Gasteiger charge is -2.32. The highest BCUT2D eigenvalue weighted by Gasteiger charge is 2.37. The first-order valence-corrected chi connectivity index (χ1v) is 8.17. The summed E-state index contributed by atoms with van der Waals surface area (Å²) >= 11 is 12.2. The maximum atomic E-state index is 11.6. The highest BCUT2D eigenvalue weighted by atomic mass is 35.5. The Morgan fingerprint density at radius 1 is 1.26 bits per heavy atom. The number of hydrogen-bond acceptors (Lipinski definition) is 3. The first kappa shape index (κ1) is 16.2. The SMILES string of the molecule is O=C(O)C1CCCN1C(c1cccnc1)c1ccc(Cl)c(Cl)c1. The van der Waals surface area contributed by atoms with Crippen LogP contribution < -0.4 is 0 Å². The van der Waals surface area contributed by atoms with Gasteiger partial charge in [0.2, 0.25) is 0 Å². The summed E-state index contributed by atoms with van der Waals surface area (Å²) in [7, 11) is 0. The molecule has 1 N–H and O–H groups in total. The second-order valence-corrected chi connectivity index (χ2v) is 6.41. The Bertz CT molecular complexity index is 709. The molecule has 120 valence electrons. The molecule has 1 aliphatic heterocycles. The van der Waals surface area contributed by atoms with E-state index < -0.39 is 12.0 Å². The number of nitrogens with zero attached hydrogens (tertiary/aromatic N) is 2. The van der Waals surface area contributed by atoms with Gasteiger partial charge in [-0.1, -0.05) is 35.3 Å². The summed E-state index contributed by atoms with van der Waals surface area (Å²) < 4.78 is 0. The molecule has 0 bridgehead atoms. The van der Waals surface area contributed by atoms with E-state index >= 15 is 0 Å². The van der Waals surface area contributed by atoms with Crippen molar-refractivity contribution in [3.8, 4) is 0 Å².